The van der Waals surface area contributed by atoms with E-state index in [0.29, 0.717) is 22.6 Å². The summed E-state index contributed by atoms with van der Waals surface area (Å²) in [6, 6.07) is 4.92. The number of anilines is 1. The number of carbonyl (C=O) groups is 1. The number of methoxy groups -OCH3 is 2. The zero-order valence-electron chi connectivity index (χ0n) is 13.1. The smallest absolute Gasteiger partial charge is 0.448 e. The summed E-state index contributed by atoms with van der Waals surface area (Å²) < 4.78 is 54.8. The number of nitrogens with zero attached hydrogens (tertiary/aromatic N) is 1. The molecule has 0 radical (unpaired) electrons. The normalized spacial score (nSPS) is 14.2. The topological polar surface area (TPSA) is 69.7 Å². The van der Waals surface area contributed by atoms with Gasteiger partial charge < -0.3 is 19.5 Å². The van der Waals surface area contributed by atoms with Gasteiger partial charge in [0.15, 0.2) is 5.13 Å². The Balaban J connectivity index is 2.42. The molecule has 0 saturated carbocycles. The molecule has 0 bridgehead atoms. The van der Waals surface area contributed by atoms with Gasteiger partial charge in [0.25, 0.3) is 0 Å². The number of carbonyl (C=O) groups excluding carboxylic acids is 1. The summed E-state index contributed by atoms with van der Waals surface area (Å²) in [5.74, 6) is -1.05. The fourth-order valence-corrected chi connectivity index (χ4v) is 2.94. The first-order valence-corrected chi connectivity index (χ1v) is 7.61. The first-order valence-electron chi connectivity index (χ1n) is 6.79. The summed E-state index contributed by atoms with van der Waals surface area (Å²) in [4.78, 5) is 15.7. The molecule has 2 aromatic rings. The minimum atomic E-state index is -5.05. The Kier molecular flexibility index (Phi) is 5.19. The molecule has 1 aromatic carbocycles. The van der Waals surface area contributed by atoms with Gasteiger partial charge in [0.1, 0.15) is 5.75 Å². The van der Waals surface area contributed by atoms with E-state index in [4.69, 9.17) is 4.74 Å². The molecule has 6 nitrogen and oxygen atoms in total. The van der Waals surface area contributed by atoms with Gasteiger partial charge in [0.05, 0.1) is 23.9 Å². The number of hydrogen-bond donors (Lipinski definition) is 1. The highest BCUT2D eigenvalue weighted by Gasteiger charge is 2.63. The van der Waals surface area contributed by atoms with Crippen molar-refractivity contribution in [2.45, 2.75) is 18.8 Å². The minimum Gasteiger partial charge on any atom is -0.494 e. The Morgan fingerprint density at radius 2 is 2.04 bits per heavy atom. The maximum absolute atomic E-state index is 13.4. The third kappa shape index (κ3) is 3.24. The van der Waals surface area contributed by atoms with Crippen LogP contribution in [0.2, 0.25) is 0 Å². The molecule has 1 atom stereocenters. The second kappa shape index (κ2) is 6.81. The molecule has 2 rings (SSSR count). The summed E-state index contributed by atoms with van der Waals surface area (Å²) in [6.07, 6.45) is -5.05. The van der Waals surface area contributed by atoms with E-state index in [1.165, 1.54) is 0 Å². The fraction of sp³-hybridized carbons (Fsp3) is 0.429. The lowest BCUT2D eigenvalue weighted by molar-refractivity contribution is -0.259. The molecular formula is C14H15F3N2O4S. The third-order valence-corrected chi connectivity index (χ3v) is 4.07. The molecule has 0 aliphatic carbocycles. The molecule has 0 spiro atoms. The number of hydrogen-bond acceptors (Lipinski definition) is 7. The van der Waals surface area contributed by atoms with Crippen molar-refractivity contribution in [3.05, 3.63) is 18.2 Å². The zero-order chi connectivity index (χ0) is 18.0. The van der Waals surface area contributed by atoms with Crippen molar-refractivity contribution in [3.8, 4) is 5.75 Å². The first-order chi connectivity index (χ1) is 11.3. The second-order valence-electron chi connectivity index (χ2n) is 4.58. The Morgan fingerprint density at radius 1 is 1.33 bits per heavy atom. The van der Waals surface area contributed by atoms with Crippen molar-refractivity contribution in [1.82, 2.24) is 4.98 Å². The van der Waals surface area contributed by atoms with Crippen LogP contribution in [0.5, 0.6) is 5.75 Å². The number of esters is 1. The van der Waals surface area contributed by atoms with Crippen LogP contribution in [0.3, 0.4) is 0 Å². The summed E-state index contributed by atoms with van der Waals surface area (Å²) in [6.45, 7) is 2.27. The van der Waals surface area contributed by atoms with Crippen molar-refractivity contribution < 1.29 is 32.2 Å². The van der Waals surface area contributed by atoms with Crippen LogP contribution in [0.4, 0.5) is 18.3 Å². The van der Waals surface area contributed by atoms with Crippen LogP contribution in [-0.2, 0) is 14.3 Å². The van der Waals surface area contributed by atoms with Gasteiger partial charge in [-0.15, -0.1) is 0 Å². The number of alkyl halides is 3. The Hall–Kier alpha value is -2.07. The van der Waals surface area contributed by atoms with Crippen LogP contribution in [0, 0.1) is 0 Å². The molecule has 0 aliphatic heterocycles. The van der Waals surface area contributed by atoms with Crippen LogP contribution >= 0.6 is 11.3 Å². The molecule has 0 aliphatic rings. The highest BCUT2D eigenvalue weighted by Crippen LogP contribution is 2.38. The molecule has 10 heteroatoms. The van der Waals surface area contributed by atoms with Gasteiger partial charge in [0.2, 0.25) is 0 Å². The fourth-order valence-electron chi connectivity index (χ4n) is 2.00. The zero-order valence-corrected chi connectivity index (χ0v) is 13.9. The number of thiazole rings is 1. The molecule has 0 amide bonds. The van der Waals surface area contributed by atoms with Crippen LogP contribution in [0.1, 0.15) is 6.92 Å². The standard InChI is InChI=1S/C14H15F3N2O4S/c1-4-23-8-5-6-9-10(7-8)24-12(18-9)19-13(22-3,11(20)21-2)14(15,16)17/h5-7H,4H2,1-3H3,(H,18,19)/t13-/m0/s1. The lowest BCUT2D eigenvalue weighted by atomic mass is 10.2. The van der Waals surface area contributed by atoms with Crippen LogP contribution in [0.25, 0.3) is 10.2 Å². The molecule has 24 heavy (non-hydrogen) atoms. The molecule has 1 heterocycles. The highest BCUT2D eigenvalue weighted by atomic mass is 32.1. The van der Waals surface area contributed by atoms with Gasteiger partial charge >= 0.3 is 17.9 Å². The van der Waals surface area contributed by atoms with Gasteiger partial charge in [-0.05, 0) is 25.1 Å². The molecule has 0 unspecified atom stereocenters. The van der Waals surface area contributed by atoms with Crippen molar-refractivity contribution >= 4 is 32.7 Å². The van der Waals surface area contributed by atoms with Gasteiger partial charge in [0, 0.05) is 7.11 Å². The van der Waals surface area contributed by atoms with Crippen molar-refractivity contribution in [1.29, 1.82) is 0 Å². The maximum atomic E-state index is 13.4. The summed E-state index contributed by atoms with van der Waals surface area (Å²) >= 11 is 0.934. The number of fused-ring (bicyclic) bond motifs is 1. The number of aromatic nitrogens is 1. The molecule has 1 aromatic heterocycles. The summed E-state index contributed by atoms with van der Waals surface area (Å²) in [5.41, 5.74) is -2.87. The Bertz CT molecular complexity index is 734. The van der Waals surface area contributed by atoms with Gasteiger partial charge in [-0.1, -0.05) is 11.3 Å². The van der Waals surface area contributed by atoms with Gasteiger partial charge in [-0.2, -0.15) is 13.2 Å². The molecular weight excluding hydrogens is 349 g/mol. The van der Waals surface area contributed by atoms with E-state index in [0.717, 1.165) is 25.6 Å². The van der Waals surface area contributed by atoms with Gasteiger partial charge in [-0.3, -0.25) is 0 Å². The van der Waals surface area contributed by atoms with E-state index in [1.54, 1.807) is 18.2 Å². The lowest BCUT2D eigenvalue weighted by Crippen LogP contribution is -2.60. The predicted octanol–water partition coefficient (Wildman–Crippen LogP) is 3.18. The van der Waals surface area contributed by atoms with Crippen molar-refractivity contribution in [2.75, 3.05) is 26.1 Å². The number of halogens is 3. The quantitative estimate of drug-likeness (QED) is 0.627. The predicted molar refractivity (Wildman–Crippen MR) is 82.2 cm³/mol. The number of rotatable bonds is 6. The third-order valence-electron chi connectivity index (χ3n) is 3.13. The molecule has 132 valence electrons. The van der Waals surface area contributed by atoms with Gasteiger partial charge in [-0.25, -0.2) is 9.78 Å². The monoisotopic (exact) mass is 364 g/mol. The lowest BCUT2D eigenvalue weighted by Gasteiger charge is -2.31. The van der Waals surface area contributed by atoms with E-state index in [2.05, 4.69) is 14.5 Å². The average molecular weight is 364 g/mol. The Morgan fingerprint density at radius 3 is 2.58 bits per heavy atom. The molecule has 0 saturated heterocycles. The SMILES string of the molecule is CCOc1ccc2nc(N[C@](OC)(C(=O)OC)C(F)(F)F)sc2c1. The number of benzene rings is 1. The van der Waals surface area contributed by atoms with E-state index in [9.17, 15) is 18.0 Å². The molecule has 1 N–H and O–H groups in total. The van der Waals surface area contributed by atoms with Crippen molar-refractivity contribution in [3.63, 3.8) is 0 Å². The van der Waals surface area contributed by atoms with E-state index in [1.807, 2.05) is 12.2 Å². The second-order valence-corrected chi connectivity index (χ2v) is 5.61. The number of ether oxygens (including phenoxy) is 3. The maximum Gasteiger partial charge on any atom is 0.448 e. The number of nitrogens with one attached hydrogen (secondary N) is 1. The largest absolute Gasteiger partial charge is 0.494 e. The van der Waals surface area contributed by atoms with Crippen LogP contribution in [0.15, 0.2) is 18.2 Å². The van der Waals surface area contributed by atoms with E-state index < -0.39 is 17.9 Å². The molecule has 0 fully saturated rings. The summed E-state index contributed by atoms with van der Waals surface area (Å²) in [7, 11) is 1.61. The highest BCUT2D eigenvalue weighted by molar-refractivity contribution is 7.22. The summed E-state index contributed by atoms with van der Waals surface area (Å²) in [5, 5.41) is 1.88. The van der Waals surface area contributed by atoms with Crippen LogP contribution < -0.4 is 10.1 Å². The van der Waals surface area contributed by atoms with E-state index >= 15 is 0 Å². The minimum absolute atomic E-state index is 0.136. The van der Waals surface area contributed by atoms with E-state index in [-0.39, 0.29) is 5.13 Å². The first kappa shape index (κ1) is 18.3. The average Bonchev–Trinajstić information content (AvgIpc) is 2.92. The Labute approximate surface area is 139 Å². The van der Waals surface area contributed by atoms with Crippen molar-refractivity contribution in [2.24, 2.45) is 0 Å². The van der Waals surface area contributed by atoms with Crippen LogP contribution in [-0.4, -0.2) is 43.7 Å².